The largest absolute Gasteiger partial charge is 0.573 e. The summed E-state index contributed by atoms with van der Waals surface area (Å²) in [6.45, 7) is 0. The highest BCUT2D eigenvalue weighted by Gasteiger charge is 2.31. The first-order valence-electron chi connectivity index (χ1n) is 9.21. The SMILES string of the molecule is Cn1c(C(=O)Nc2ccc(S(=O)(=O)Nc3nccs3)cc2)cc2cc(OC(F)(F)F)ccc21. The molecule has 8 nitrogen and oxygen atoms in total. The number of aryl methyl sites for hydroxylation is 1. The van der Waals surface area contributed by atoms with Crippen molar-refractivity contribution in [1.82, 2.24) is 9.55 Å². The van der Waals surface area contributed by atoms with Crippen LogP contribution in [0, 0.1) is 0 Å². The normalized spacial score (nSPS) is 12.0. The van der Waals surface area contributed by atoms with Gasteiger partial charge in [0.1, 0.15) is 11.4 Å². The number of nitrogens with one attached hydrogen (secondary N) is 2. The number of alkyl halides is 3. The second-order valence-corrected chi connectivity index (χ2v) is 9.36. The number of aromatic nitrogens is 2. The Morgan fingerprint density at radius 1 is 1.12 bits per heavy atom. The van der Waals surface area contributed by atoms with Crippen LogP contribution in [0.5, 0.6) is 5.75 Å². The molecule has 0 atom stereocenters. The standard InChI is InChI=1S/C20H15F3N4O4S2/c1-27-16-7-4-14(31-20(21,22)23)10-12(16)11-17(27)18(28)25-13-2-5-15(6-3-13)33(29,30)26-19-24-8-9-32-19/h2-11H,1H3,(H,24,26)(H,25,28). The van der Waals surface area contributed by atoms with Crippen LogP contribution in [-0.4, -0.2) is 30.2 Å². The van der Waals surface area contributed by atoms with Gasteiger partial charge in [-0.25, -0.2) is 13.4 Å². The van der Waals surface area contributed by atoms with Crippen molar-refractivity contribution >= 4 is 49.0 Å². The smallest absolute Gasteiger partial charge is 0.406 e. The van der Waals surface area contributed by atoms with E-state index in [0.717, 1.165) is 17.4 Å². The van der Waals surface area contributed by atoms with Gasteiger partial charge in [-0.15, -0.1) is 24.5 Å². The predicted octanol–water partition coefficient (Wildman–Crippen LogP) is 4.59. The second-order valence-electron chi connectivity index (χ2n) is 6.78. The fourth-order valence-electron chi connectivity index (χ4n) is 3.10. The second kappa shape index (κ2) is 8.41. The molecule has 2 heterocycles. The first-order valence-corrected chi connectivity index (χ1v) is 11.6. The summed E-state index contributed by atoms with van der Waals surface area (Å²) in [5, 5.41) is 4.89. The molecule has 2 N–H and O–H groups in total. The molecule has 0 spiro atoms. The molecular formula is C20H15F3N4O4S2. The van der Waals surface area contributed by atoms with Gasteiger partial charge < -0.3 is 14.6 Å². The fraction of sp³-hybridized carbons (Fsp3) is 0.100. The third-order valence-electron chi connectivity index (χ3n) is 4.56. The summed E-state index contributed by atoms with van der Waals surface area (Å²) in [6.07, 6.45) is -3.35. The van der Waals surface area contributed by atoms with E-state index in [-0.39, 0.29) is 15.7 Å². The van der Waals surface area contributed by atoms with E-state index in [1.54, 1.807) is 12.4 Å². The number of anilines is 2. The molecule has 0 saturated carbocycles. The van der Waals surface area contributed by atoms with Gasteiger partial charge in [-0.05, 0) is 48.5 Å². The molecule has 13 heteroatoms. The zero-order chi connectivity index (χ0) is 23.8. The molecule has 0 bridgehead atoms. The average Bonchev–Trinajstić information content (AvgIpc) is 3.34. The summed E-state index contributed by atoms with van der Waals surface area (Å²) in [4.78, 5) is 16.6. The van der Waals surface area contributed by atoms with Crippen LogP contribution in [0.25, 0.3) is 10.9 Å². The summed E-state index contributed by atoms with van der Waals surface area (Å²) in [5.41, 5.74) is 1.06. The van der Waals surface area contributed by atoms with Gasteiger partial charge in [0.15, 0.2) is 5.13 Å². The van der Waals surface area contributed by atoms with Gasteiger partial charge in [-0.3, -0.25) is 9.52 Å². The zero-order valence-corrected chi connectivity index (χ0v) is 18.4. The number of fused-ring (bicyclic) bond motifs is 1. The number of carbonyl (C=O) groups is 1. The molecule has 0 aliphatic heterocycles. The fourth-order valence-corrected chi connectivity index (χ4v) is 4.89. The quantitative estimate of drug-likeness (QED) is 0.407. The number of sulfonamides is 1. The maximum Gasteiger partial charge on any atom is 0.573 e. The Bertz CT molecular complexity index is 1410. The van der Waals surface area contributed by atoms with Gasteiger partial charge in [0.2, 0.25) is 0 Å². The van der Waals surface area contributed by atoms with E-state index in [4.69, 9.17) is 0 Å². The van der Waals surface area contributed by atoms with Gasteiger partial charge in [0, 0.05) is 35.2 Å². The number of carbonyl (C=O) groups excluding carboxylic acids is 1. The van der Waals surface area contributed by atoms with Crippen LogP contribution in [0.1, 0.15) is 10.5 Å². The molecule has 0 aliphatic carbocycles. The highest BCUT2D eigenvalue weighted by atomic mass is 32.2. The van der Waals surface area contributed by atoms with E-state index in [9.17, 15) is 26.4 Å². The molecule has 172 valence electrons. The van der Waals surface area contributed by atoms with Crippen molar-refractivity contribution in [3.8, 4) is 5.75 Å². The minimum Gasteiger partial charge on any atom is -0.406 e. The molecular weight excluding hydrogens is 481 g/mol. The lowest BCUT2D eigenvalue weighted by molar-refractivity contribution is -0.274. The lowest BCUT2D eigenvalue weighted by Gasteiger charge is -2.09. The Morgan fingerprint density at radius 3 is 2.48 bits per heavy atom. The maximum absolute atomic E-state index is 12.7. The molecule has 0 unspecified atom stereocenters. The number of hydrogen-bond acceptors (Lipinski definition) is 6. The van der Waals surface area contributed by atoms with E-state index in [1.165, 1.54) is 53.2 Å². The van der Waals surface area contributed by atoms with Crippen LogP contribution in [0.15, 0.2) is 65.0 Å². The molecule has 2 aromatic carbocycles. The molecule has 0 fully saturated rings. The maximum atomic E-state index is 12.7. The van der Waals surface area contributed by atoms with Gasteiger partial charge >= 0.3 is 6.36 Å². The van der Waals surface area contributed by atoms with Crippen LogP contribution in [0.2, 0.25) is 0 Å². The average molecular weight is 496 g/mol. The molecule has 0 aliphatic rings. The van der Waals surface area contributed by atoms with E-state index >= 15 is 0 Å². The Kier molecular flexibility index (Phi) is 5.76. The van der Waals surface area contributed by atoms with E-state index in [1.807, 2.05) is 0 Å². The van der Waals surface area contributed by atoms with E-state index < -0.39 is 28.0 Å². The number of ether oxygens (including phenoxy) is 1. The topological polar surface area (TPSA) is 102 Å². The summed E-state index contributed by atoms with van der Waals surface area (Å²) in [5.74, 6) is -0.917. The minimum absolute atomic E-state index is 0.0162. The first-order chi connectivity index (χ1) is 15.5. The highest BCUT2D eigenvalue weighted by molar-refractivity contribution is 7.93. The van der Waals surface area contributed by atoms with Crippen LogP contribution in [0.3, 0.4) is 0 Å². The van der Waals surface area contributed by atoms with Crippen molar-refractivity contribution in [2.24, 2.45) is 7.05 Å². The number of thiazole rings is 1. The van der Waals surface area contributed by atoms with E-state index in [0.29, 0.717) is 16.6 Å². The molecule has 33 heavy (non-hydrogen) atoms. The number of amides is 1. The Hall–Kier alpha value is -3.58. The molecule has 0 radical (unpaired) electrons. The van der Waals surface area contributed by atoms with Gasteiger partial charge in [-0.2, -0.15) is 0 Å². The summed E-state index contributed by atoms with van der Waals surface area (Å²) >= 11 is 1.14. The van der Waals surface area contributed by atoms with Crippen molar-refractivity contribution in [2.75, 3.05) is 10.0 Å². The molecule has 1 amide bonds. The Labute approximate surface area is 189 Å². The number of rotatable bonds is 6. The van der Waals surface area contributed by atoms with Crippen LogP contribution >= 0.6 is 11.3 Å². The monoisotopic (exact) mass is 496 g/mol. The van der Waals surface area contributed by atoms with Gasteiger partial charge in [0.05, 0.1) is 4.90 Å². The molecule has 4 aromatic rings. The molecule has 0 saturated heterocycles. The third-order valence-corrected chi connectivity index (χ3v) is 6.73. The van der Waals surface area contributed by atoms with Gasteiger partial charge in [0.25, 0.3) is 15.9 Å². The predicted molar refractivity (Wildman–Crippen MR) is 117 cm³/mol. The first kappa shape index (κ1) is 22.6. The molecule has 4 rings (SSSR count). The van der Waals surface area contributed by atoms with Crippen molar-refractivity contribution in [3.63, 3.8) is 0 Å². The zero-order valence-electron chi connectivity index (χ0n) is 16.8. The Balaban J connectivity index is 1.51. The number of hydrogen-bond donors (Lipinski definition) is 2. The van der Waals surface area contributed by atoms with Gasteiger partial charge in [-0.1, -0.05) is 0 Å². The van der Waals surface area contributed by atoms with Crippen LogP contribution < -0.4 is 14.8 Å². The van der Waals surface area contributed by atoms with Crippen LogP contribution in [0.4, 0.5) is 24.0 Å². The lowest BCUT2D eigenvalue weighted by atomic mass is 10.2. The van der Waals surface area contributed by atoms with Crippen molar-refractivity contribution < 1.29 is 31.1 Å². The van der Waals surface area contributed by atoms with Crippen molar-refractivity contribution in [1.29, 1.82) is 0 Å². The third kappa shape index (κ3) is 5.09. The van der Waals surface area contributed by atoms with Crippen molar-refractivity contribution in [2.45, 2.75) is 11.3 Å². The lowest BCUT2D eigenvalue weighted by Crippen LogP contribution is -2.17. The summed E-state index contributed by atoms with van der Waals surface area (Å²) in [7, 11) is -2.23. The number of benzene rings is 2. The van der Waals surface area contributed by atoms with Crippen molar-refractivity contribution in [3.05, 3.63) is 65.8 Å². The highest BCUT2D eigenvalue weighted by Crippen LogP contribution is 2.28. The summed E-state index contributed by atoms with van der Waals surface area (Å²) < 4.78 is 70.0. The minimum atomic E-state index is -4.82. The molecule has 2 aromatic heterocycles. The van der Waals surface area contributed by atoms with E-state index in [2.05, 4.69) is 19.8 Å². The van der Waals surface area contributed by atoms with Crippen LogP contribution in [-0.2, 0) is 17.1 Å². The summed E-state index contributed by atoms with van der Waals surface area (Å²) in [6, 6.07) is 10.7. The number of nitrogens with zero attached hydrogens (tertiary/aromatic N) is 2. The number of halogens is 3. The Morgan fingerprint density at radius 2 is 1.85 bits per heavy atom.